The third-order valence-electron chi connectivity index (χ3n) is 4.62. The van der Waals surface area contributed by atoms with Gasteiger partial charge in [-0.15, -0.1) is 24.0 Å². The normalized spacial score (nSPS) is 18.8. The van der Waals surface area contributed by atoms with E-state index >= 15 is 0 Å². The predicted octanol–water partition coefficient (Wildman–Crippen LogP) is 3.14. The van der Waals surface area contributed by atoms with Crippen molar-refractivity contribution in [1.29, 1.82) is 0 Å². The van der Waals surface area contributed by atoms with Gasteiger partial charge in [0.05, 0.1) is 5.56 Å². The van der Waals surface area contributed by atoms with E-state index in [1.54, 1.807) is 18.3 Å². The Bertz CT molecular complexity index is 856. The van der Waals surface area contributed by atoms with Crippen molar-refractivity contribution in [3.8, 4) is 5.75 Å². The molecule has 7 heteroatoms. The number of likely N-dealkylation sites (N-methyl/N-ethyl adjacent to an activating group) is 1. The molecule has 1 aromatic carbocycles. The number of nitrogens with one attached hydrogen (secondary N) is 1. The number of thiol groups is 1. The fourth-order valence-corrected chi connectivity index (χ4v) is 4.25. The summed E-state index contributed by atoms with van der Waals surface area (Å²) in [6, 6.07) is 6.06. The van der Waals surface area contributed by atoms with Gasteiger partial charge in [0.2, 0.25) is 0 Å². The molecule has 2 aromatic rings. The molecule has 0 bridgehead atoms. The van der Waals surface area contributed by atoms with Crippen molar-refractivity contribution in [2.24, 2.45) is 5.73 Å². The maximum absolute atomic E-state index is 12.9. The molecule has 1 saturated heterocycles. The smallest absolute Gasteiger partial charge is 0.253 e. The first-order chi connectivity index (χ1) is 12.3. The Hall–Kier alpha value is -1.70. The molecular formula is C19H25N3O2S2. The second-order valence-corrected chi connectivity index (χ2v) is 8.63. The molecule has 140 valence electrons. The number of hydrogen-bond acceptors (Lipinski definition) is 6. The van der Waals surface area contributed by atoms with E-state index in [-0.39, 0.29) is 11.9 Å². The third-order valence-corrected chi connectivity index (χ3v) is 6.19. The van der Waals surface area contributed by atoms with Crippen molar-refractivity contribution in [2.45, 2.75) is 26.3 Å². The third kappa shape index (κ3) is 4.16. The van der Waals surface area contributed by atoms with Gasteiger partial charge in [0.15, 0.2) is 0 Å². The summed E-state index contributed by atoms with van der Waals surface area (Å²) < 4.78 is 6.86. The summed E-state index contributed by atoms with van der Waals surface area (Å²) in [5.41, 5.74) is 7.11. The second-order valence-electron chi connectivity index (χ2n) is 6.83. The minimum Gasteiger partial charge on any atom is -0.488 e. The van der Waals surface area contributed by atoms with Crippen LogP contribution in [0.25, 0.3) is 10.1 Å². The predicted molar refractivity (Wildman–Crippen MR) is 111 cm³/mol. The molecule has 0 aliphatic carbocycles. The lowest BCUT2D eigenvalue weighted by Crippen LogP contribution is -2.36. The van der Waals surface area contributed by atoms with E-state index in [9.17, 15) is 4.79 Å². The average molecular weight is 392 g/mol. The lowest BCUT2D eigenvalue weighted by atomic mass is 10.1. The van der Waals surface area contributed by atoms with Gasteiger partial charge >= 0.3 is 0 Å². The van der Waals surface area contributed by atoms with Crippen LogP contribution in [0.5, 0.6) is 5.75 Å². The zero-order chi connectivity index (χ0) is 18.8. The van der Waals surface area contributed by atoms with Crippen LogP contribution in [-0.2, 0) is 0 Å². The van der Waals surface area contributed by atoms with Crippen molar-refractivity contribution in [3.63, 3.8) is 0 Å². The van der Waals surface area contributed by atoms with E-state index < -0.39 is 0 Å². The molecule has 3 N–H and O–H groups in total. The summed E-state index contributed by atoms with van der Waals surface area (Å²) in [7, 11) is 2.08. The molecule has 2 heterocycles. The number of carbonyl (C=O) groups is 1. The van der Waals surface area contributed by atoms with Crippen LogP contribution < -0.4 is 15.8 Å². The monoisotopic (exact) mass is 391 g/mol. The highest BCUT2D eigenvalue weighted by Crippen LogP contribution is 2.33. The first-order valence-corrected chi connectivity index (χ1v) is 9.91. The number of rotatable bonds is 5. The highest BCUT2D eigenvalue weighted by molar-refractivity contribution is 7.84. The zero-order valence-electron chi connectivity index (χ0n) is 15.3. The van der Waals surface area contributed by atoms with Gasteiger partial charge < -0.3 is 20.7 Å². The number of amides is 1. The Morgan fingerprint density at radius 1 is 1.50 bits per heavy atom. The number of benzene rings is 1. The van der Waals surface area contributed by atoms with Gasteiger partial charge in [0.25, 0.3) is 5.91 Å². The standard InChI is InChI=1S/C19H25N3O2S2/c1-11(20)16(25)10-24-14-4-5-17-15(8-14)18(12(2)26-17)19(23)21-13-6-7-22(3)9-13/h4-5,8,13,25H,6-7,9-10,20H2,1-3H3,(H,21,23)/b16-11-. The minimum atomic E-state index is -0.00113. The van der Waals surface area contributed by atoms with Crippen molar-refractivity contribution >= 4 is 40.0 Å². The summed E-state index contributed by atoms with van der Waals surface area (Å²) in [6.07, 6.45) is 0.993. The molecule has 1 atom stereocenters. The van der Waals surface area contributed by atoms with Crippen LogP contribution in [0.15, 0.2) is 28.8 Å². The molecule has 0 radical (unpaired) electrons. The zero-order valence-corrected chi connectivity index (χ0v) is 17.0. The number of ether oxygens (including phenoxy) is 1. The number of carbonyl (C=O) groups excluding carboxylic acids is 1. The van der Waals surface area contributed by atoms with Crippen molar-refractivity contribution in [3.05, 3.63) is 39.2 Å². The Balaban J connectivity index is 1.83. The Morgan fingerprint density at radius 3 is 2.92 bits per heavy atom. The number of thiophene rings is 1. The average Bonchev–Trinajstić information content (AvgIpc) is 3.13. The number of nitrogens with zero attached hydrogens (tertiary/aromatic N) is 1. The Kier molecular flexibility index (Phi) is 5.79. The van der Waals surface area contributed by atoms with Crippen LogP contribution in [0.4, 0.5) is 0 Å². The number of fused-ring (bicyclic) bond motifs is 1. The van der Waals surface area contributed by atoms with Crippen LogP contribution in [0.2, 0.25) is 0 Å². The van der Waals surface area contributed by atoms with Crippen molar-refractivity contribution in [2.75, 3.05) is 26.7 Å². The molecule has 1 aromatic heterocycles. The molecule has 1 unspecified atom stereocenters. The Labute approximate surface area is 163 Å². The van der Waals surface area contributed by atoms with E-state index in [2.05, 4.69) is 29.9 Å². The van der Waals surface area contributed by atoms with Crippen LogP contribution >= 0.6 is 24.0 Å². The molecule has 1 aliphatic rings. The van der Waals surface area contributed by atoms with E-state index in [0.29, 0.717) is 23.0 Å². The van der Waals surface area contributed by atoms with Crippen molar-refractivity contribution < 1.29 is 9.53 Å². The van der Waals surface area contributed by atoms with Gasteiger partial charge in [0.1, 0.15) is 12.4 Å². The molecule has 0 spiro atoms. The van der Waals surface area contributed by atoms with Crippen LogP contribution in [0.3, 0.4) is 0 Å². The molecule has 3 rings (SSSR count). The van der Waals surface area contributed by atoms with Gasteiger partial charge in [-0.1, -0.05) is 0 Å². The first-order valence-electron chi connectivity index (χ1n) is 8.64. The van der Waals surface area contributed by atoms with Gasteiger partial charge in [-0.2, -0.15) is 0 Å². The van der Waals surface area contributed by atoms with Crippen LogP contribution in [0.1, 0.15) is 28.6 Å². The lowest BCUT2D eigenvalue weighted by molar-refractivity contribution is 0.0940. The maximum Gasteiger partial charge on any atom is 0.253 e. The highest BCUT2D eigenvalue weighted by atomic mass is 32.1. The van der Waals surface area contributed by atoms with Gasteiger partial charge in [0, 0.05) is 38.2 Å². The number of hydrogen-bond donors (Lipinski definition) is 3. The Morgan fingerprint density at radius 2 is 2.27 bits per heavy atom. The molecule has 0 saturated carbocycles. The molecular weight excluding hydrogens is 366 g/mol. The number of aryl methyl sites for hydroxylation is 1. The number of allylic oxidation sites excluding steroid dienone is 1. The van der Waals surface area contributed by atoms with E-state index in [1.165, 1.54) is 0 Å². The van der Waals surface area contributed by atoms with Gasteiger partial charge in [-0.3, -0.25) is 4.79 Å². The van der Waals surface area contributed by atoms with Crippen LogP contribution in [0, 0.1) is 6.92 Å². The first kappa shape index (κ1) is 19.1. The molecule has 5 nitrogen and oxygen atoms in total. The summed E-state index contributed by atoms with van der Waals surface area (Å²) in [6.45, 7) is 6.02. The van der Waals surface area contributed by atoms with E-state index in [1.807, 2.05) is 25.1 Å². The topological polar surface area (TPSA) is 67.6 Å². The fraction of sp³-hybridized carbons (Fsp3) is 0.421. The molecule has 26 heavy (non-hydrogen) atoms. The fourth-order valence-electron chi connectivity index (χ4n) is 3.15. The second kappa shape index (κ2) is 7.90. The largest absolute Gasteiger partial charge is 0.488 e. The molecule has 1 fully saturated rings. The quantitative estimate of drug-likeness (QED) is 0.685. The van der Waals surface area contributed by atoms with Gasteiger partial charge in [-0.05, 0) is 52.1 Å². The van der Waals surface area contributed by atoms with E-state index in [4.69, 9.17) is 10.5 Å². The van der Waals surface area contributed by atoms with Crippen molar-refractivity contribution in [1.82, 2.24) is 10.2 Å². The maximum atomic E-state index is 12.9. The lowest BCUT2D eigenvalue weighted by Gasteiger charge is -2.13. The number of nitrogens with two attached hydrogens (primary N) is 1. The highest BCUT2D eigenvalue weighted by Gasteiger charge is 2.24. The minimum absolute atomic E-state index is 0.00113. The summed E-state index contributed by atoms with van der Waals surface area (Å²) >= 11 is 5.95. The number of likely N-dealkylation sites (tertiary alicyclic amines) is 1. The SMILES string of the molecule is C/C(N)=C(/S)COc1ccc2sc(C)c(C(=O)NC3CCN(C)C3)c2c1. The molecule has 1 aliphatic heterocycles. The van der Waals surface area contributed by atoms with E-state index in [0.717, 1.165) is 40.0 Å². The summed E-state index contributed by atoms with van der Waals surface area (Å²) in [5.74, 6) is 0.705. The summed E-state index contributed by atoms with van der Waals surface area (Å²) in [5, 5.41) is 4.11. The van der Waals surface area contributed by atoms with Gasteiger partial charge in [-0.25, -0.2) is 0 Å². The summed E-state index contributed by atoms with van der Waals surface area (Å²) in [4.78, 5) is 16.8. The molecule has 1 amide bonds. The van der Waals surface area contributed by atoms with Crippen LogP contribution in [-0.4, -0.2) is 43.6 Å².